The number of hydrogen-bond acceptors (Lipinski definition) is 3. The van der Waals surface area contributed by atoms with Crippen LogP contribution in [0.2, 0.25) is 4.34 Å². The fourth-order valence-corrected chi connectivity index (χ4v) is 2.72. The number of thiophene rings is 1. The first-order valence-corrected chi connectivity index (χ1v) is 6.39. The summed E-state index contributed by atoms with van der Waals surface area (Å²) in [5.41, 5.74) is 8.54. The fraction of sp³-hybridized carbons (Fsp3) is 0.0833. The molecular formula is C12H10ClN3S. The van der Waals surface area contributed by atoms with E-state index in [0.717, 1.165) is 26.1 Å². The van der Waals surface area contributed by atoms with Crippen LogP contribution in [-0.2, 0) is 6.54 Å². The van der Waals surface area contributed by atoms with E-state index in [1.54, 1.807) is 0 Å². The Balaban J connectivity index is 2.13. The predicted molar refractivity (Wildman–Crippen MR) is 71.4 cm³/mol. The molecule has 0 aliphatic rings. The molecular weight excluding hydrogens is 254 g/mol. The molecule has 0 unspecified atom stereocenters. The summed E-state index contributed by atoms with van der Waals surface area (Å²) in [4.78, 5) is 5.64. The Bertz CT molecular complexity index is 671. The number of fused-ring (bicyclic) bond motifs is 1. The fourth-order valence-electron chi connectivity index (χ4n) is 1.72. The standard InChI is InChI=1S/C12H10ClN3S/c13-11-2-1-10(17-11)9-7-16-4-3-8(6-14)5-12(16)15-9/h1-5,7H,6,14H2. The molecule has 0 bridgehead atoms. The smallest absolute Gasteiger partial charge is 0.137 e. The molecule has 3 heterocycles. The first-order valence-electron chi connectivity index (χ1n) is 5.19. The monoisotopic (exact) mass is 263 g/mol. The molecule has 0 amide bonds. The number of pyridine rings is 1. The van der Waals surface area contributed by atoms with Gasteiger partial charge in [-0.1, -0.05) is 11.6 Å². The van der Waals surface area contributed by atoms with E-state index < -0.39 is 0 Å². The molecule has 0 radical (unpaired) electrons. The van der Waals surface area contributed by atoms with Crippen molar-refractivity contribution in [1.82, 2.24) is 9.38 Å². The molecule has 3 rings (SSSR count). The predicted octanol–water partition coefficient (Wildman–Crippen LogP) is 3.17. The van der Waals surface area contributed by atoms with Crippen molar-refractivity contribution in [3.63, 3.8) is 0 Å². The maximum absolute atomic E-state index is 5.92. The molecule has 3 aromatic rings. The van der Waals surface area contributed by atoms with Gasteiger partial charge in [-0.2, -0.15) is 0 Å². The number of hydrogen-bond donors (Lipinski definition) is 1. The molecule has 0 spiro atoms. The van der Waals surface area contributed by atoms with Crippen molar-refractivity contribution in [2.45, 2.75) is 6.54 Å². The summed E-state index contributed by atoms with van der Waals surface area (Å²) in [6.07, 6.45) is 3.97. The number of nitrogens with two attached hydrogens (primary N) is 1. The van der Waals surface area contributed by atoms with E-state index >= 15 is 0 Å². The molecule has 0 saturated heterocycles. The number of halogens is 1. The summed E-state index contributed by atoms with van der Waals surface area (Å²) in [6, 6.07) is 7.87. The minimum Gasteiger partial charge on any atom is -0.326 e. The lowest BCUT2D eigenvalue weighted by Gasteiger charge is -1.96. The van der Waals surface area contributed by atoms with E-state index in [2.05, 4.69) is 4.98 Å². The maximum Gasteiger partial charge on any atom is 0.137 e. The van der Waals surface area contributed by atoms with Crippen LogP contribution in [0.1, 0.15) is 5.56 Å². The average molecular weight is 264 g/mol. The van der Waals surface area contributed by atoms with Gasteiger partial charge in [0.1, 0.15) is 5.65 Å². The van der Waals surface area contributed by atoms with Crippen LogP contribution >= 0.6 is 22.9 Å². The molecule has 5 heteroatoms. The second-order valence-electron chi connectivity index (χ2n) is 3.73. The van der Waals surface area contributed by atoms with E-state index in [0.29, 0.717) is 6.54 Å². The Kier molecular flexibility index (Phi) is 2.63. The van der Waals surface area contributed by atoms with Crippen LogP contribution in [0.5, 0.6) is 0 Å². The van der Waals surface area contributed by atoms with Crippen molar-refractivity contribution in [2.24, 2.45) is 5.73 Å². The number of nitrogens with zero attached hydrogens (tertiary/aromatic N) is 2. The highest BCUT2D eigenvalue weighted by molar-refractivity contribution is 7.19. The summed E-state index contributed by atoms with van der Waals surface area (Å²) in [5.74, 6) is 0. The zero-order valence-corrected chi connectivity index (χ0v) is 10.5. The van der Waals surface area contributed by atoms with E-state index in [9.17, 15) is 0 Å². The quantitative estimate of drug-likeness (QED) is 0.772. The van der Waals surface area contributed by atoms with Gasteiger partial charge in [-0.3, -0.25) is 0 Å². The van der Waals surface area contributed by atoms with Crippen LogP contribution in [0.3, 0.4) is 0 Å². The highest BCUT2D eigenvalue weighted by Crippen LogP contribution is 2.30. The molecule has 3 nitrogen and oxygen atoms in total. The Morgan fingerprint density at radius 3 is 2.94 bits per heavy atom. The SMILES string of the molecule is NCc1ccn2cc(-c3ccc(Cl)s3)nc2c1. The van der Waals surface area contributed by atoms with Crippen LogP contribution in [-0.4, -0.2) is 9.38 Å². The third-order valence-electron chi connectivity index (χ3n) is 2.59. The van der Waals surface area contributed by atoms with Crippen molar-refractivity contribution in [1.29, 1.82) is 0 Å². The molecule has 86 valence electrons. The summed E-state index contributed by atoms with van der Waals surface area (Å²) in [6.45, 7) is 0.531. The van der Waals surface area contributed by atoms with Crippen LogP contribution in [0, 0.1) is 0 Å². The van der Waals surface area contributed by atoms with Gasteiger partial charge in [-0.15, -0.1) is 11.3 Å². The van der Waals surface area contributed by atoms with Gasteiger partial charge in [-0.25, -0.2) is 4.98 Å². The van der Waals surface area contributed by atoms with Crippen molar-refractivity contribution < 1.29 is 0 Å². The third kappa shape index (κ3) is 1.95. The number of imidazole rings is 1. The highest BCUT2D eigenvalue weighted by Gasteiger charge is 2.07. The van der Waals surface area contributed by atoms with Gasteiger partial charge in [0.15, 0.2) is 0 Å². The zero-order chi connectivity index (χ0) is 11.8. The summed E-state index contributed by atoms with van der Waals surface area (Å²) < 4.78 is 2.77. The summed E-state index contributed by atoms with van der Waals surface area (Å²) in [5, 5.41) is 0. The van der Waals surface area contributed by atoms with E-state index in [-0.39, 0.29) is 0 Å². The lowest BCUT2D eigenvalue weighted by atomic mass is 10.3. The topological polar surface area (TPSA) is 43.3 Å². The Hall–Kier alpha value is -1.36. The van der Waals surface area contributed by atoms with Crippen molar-refractivity contribution >= 4 is 28.6 Å². The van der Waals surface area contributed by atoms with E-state index in [1.165, 1.54) is 11.3 Å². The lowest BCUT2D eigenvalue weighted by Crippen LogP contribution is -1.96. The molecule has 17 heavy (non-hydrogen) atoms. The van der Waals surface area contributed by atoms with Crippen LogP contribution in [0.4, 0.5) is 0 Å². The minimum atomic E-state index is 0.531. The molecule has 2 N–H and O–H groups in total. The summed E-state index contributed by atoms with van der Waals surface area (Å²) in [7, 11) is 0. The first-order chi connectivity index (χ1) is 8.26. The largest absolute Gasteiger partial charge is 0.326 e. The van der Waals surface area contributed by atoms with Gasteiger partial charge in [0, 0.05) is 18.9 Å². The Labute approximate surface area is 107 Å². The second-order valence-corrected chi connectivity index (χ2v) is 5.45. The molecule has 0 aromatic carbocycles. The normalized spacial score (nSPS) is 11.2. The van der Waals surface area contributed by atoms with Crippen LogP contribution in [0.15, 0.2) is 36.7 Å². The Morgan fingerprint density at radius 2 is 2.24 bits per heavy atom. The van der Waals surface area contributed by atoms with Crippen LogP contribution < -0.4 is 5.73 Å². The van der Waals surface area contributed by atoms with Crippen molar-refractivity contribution in [3.05, 3.63) is 46.6 Å². The van der Waals surface area contributed by atoms with Gasteiger partial charge in [-0.05, 0) is 29.8 Å². The lowest BCUT2D eigenvalue weighted by molar-refractivity contribution is 1.05. The highest BCUT2D eigenvalue weighted by atomic mass is 35.5. The molecule has 0 atom stereocenters. The minimum absolute atomic E-state index is 0.531. The second kappa shape index (κ2) is 4.14. The Morgan fingerprint density at radius 1 is 1.35 bits per heavy atom. The molecule has 0 aliphatic heterocycles. The van der Waals surface area contributed by atoms with Crippen molar-refractivity contribution in [3.8, 4) is 10.6 Å². The molecule has 0 saturated carbocycles. The van der Waals surface area contributed by atoms with E-state index in [1.807, 2.05) is 41.1 Å². The number of rotatable bonds is 2. The van der Waals surface area contributed by atoms with Crippen LogP contribution in [0.25, 0.3) is 16.2 Å². The third-order valence-corrected chi connectivity index (χ3v) is 3.84. The van der Waals surface area contributed by atoms with Gasteiger partial charge >= 0.3 is 0 Å². The van der Waals surface area contributed by atoms with Gasteiger partial charge in [0.05, 0.1) is 14.9 Å². The molecule has 0 fully saturated rings. The van der Waals surface area contributed by atoms with Gasteiger partial charge in [0.25, 0.3) is 0 Å². The first kappa shape index (κ1) is 10.8. The maximum atomic E-state index is 5.92. The molecule has 3 aromatic heterocycles. The molecule has 0 aliphatic carbocycles. The summed E-state index contributed by atoms with van der Waals surface area (Å²) >= 11 is 7.46. The van der Waals surface area contributed by atoms with E-state index in [4.69, 9.17) is 17.3 Å². The number of aromatic nitrogens is 2. The van der Waals surface area contributed by atoms with Gasteiger partial charge in [0.2, 0.25) is 0 Å². The van der Waals surface area contributed by atoms with Crippen molar-refractivity contribution in [2.75, 3.05) is 0 Å². The van der Waals surface area contributed by atoms with Gasteiger partial charge < -0.3 is 10.1 Å². The average Bonchev–Trinajstić information content (AvgIpc) is 2.93. The zero-order valence-electron chi connectivity index (χ0n) is 8.93.